The number of aromatic nitrogens is 3. The van der Waals surface area contributed by atoms with E-state index in [-0.39, 0.29) is 24.0 Å². The summed E-state index contributed by atoms with van der Waals surface area (Å²) in [7, 11) is 4.01. The molecule has 2 N–H and O–H groups in total. The molecule has 2 rings (SSSR count). The van der Waals surface area contributed by atoms with Crippen LogP contribution in [0.4, 0.5) is 5.69 Å². The molecule has 8 heteroatoms. The molecule has 0 atom stereocenters. The van der Waals surface area contributed by atoms with Crippen LogP contribution in [0.25, 0.3) is 0 Å². The summed E-state index contributed by atoms with van der Waals surface area (Å²) in [6.45, 7) is 5.35. The molecule has 0 saturated heterocycles. The quantitative estimate of drug-likeness (QED) is 0.255. The summed E-state index contributed by atoms with van der Waals surface area (Å²) in [5.41, 5.74) is 1.26. The summed E-state index contributed by atoms with van der Waals surface area (Å²) in [5.74, 6) is 1.67. The van der Waals surface area contributed by atoms with E-state index in [0.717, 1.165) is 44.3 Å². The monoisotopic (exact) mass is 471 g/mol. The second kappa shape index (κ2) is 12.5. The standard InChI is InChI=1S/C18H29N7.HI/c1-4-19-18(21-14-17-22-15-23-25(17)3)20-12-8-9-13-24(2)16-10-6-5-7-11-16;/h5-7,10-11,15H,4,8-9,12-14H2,1-3H3,(H2,19,20,21);1H. The number of nitrogens with zero attached hydrogens (tertiary/aromatic N) is 5. The van der Waals surface area contributed by atoms with Crippen molar-refractivity contribution in [3.05, 3.63) is 42.5 Å². The number of anilines is 1. The molecule has 7 nitrogen and oxygen atoms in total. The summed E-state index contributed by atoms with van der Waals surface area (Å²) in [4.78, 5) is 11.0. The van der Waals surface area contributed by atoms with E-state index in [9.17, 15) is 0 Å². The van der Waals surface area contributed by atoms with Crippen molar-refractivity contribution in [2.24, 2.45) is 12.0 Å². The minimum Gasteiger partial charge on any atom is -0.375 e. The molecule has 0 aliphatic rings. The Balaban J connectivity index is 0.00000338. The summed E-state index contributed by atoms with van der Waals surface area (Å²) in [6.07, 6.45) is 3.76. The van der Waals surface area contributed by atoms with Crippen LogP contribution in [0.3, 0.4) is 0 Å². The number of aryl methyl sites for hydroxylation is 1. The molecule has 0 spiro atoms. The van der Waals surface area contributed by atoms with Crippen LogP contribution in [0.2, 0.25) is 0 Å². The van der Waals surface area contributed by atoms with Crippen LogP contribution < -0.4 is 15.5 Å². The fourth-order valence-electron chi connectivity index (χ4n) is 2.45. The molecule has 0 bridgehead atoms. The summed E-state index contributed by atoms with van der Waals surface area (Å²) < 4.78 is 1.74. The SMILES string of the molecule is CCNC(=NCc1ncnn1C)NCCCCN(C)c1ccccc1.I. The van der Waals surface area contributed by atoms with E-state index in [1.807, 2.05) is 13.1 Å². The highest BCUT2D eigenvalue weighted by atomic mass is 127. The first-order valence-corrected chi connectivity index (χ1v) is 8.82. The van der Waals surface area contributed by atoms with Gasteiger partial charge in [-0.2, -0.15) is 5.10 Å². The number of nitrogens with one attached hydrogen (secondary N) is 2. The summed E-state index contributed by atoms with van der Waals surface area (Å²) >= 11 is 0. The predicted octanol–water partition coefficient (Wildman–Crippen LogP) is 2.40. The maximum Gasteiger partial charge on any atom is 0.191 e. The molecule has 0 radical (unpaired) electrons. The molecule has 0 aliphatic heterocycles. The lowest BCUT2D eigenvalue weighted by molar-refractivity contribution is 0.678. The van der Waals surface area contributed by atoms with Crippen molar-refractivity contribution in [3.63, 3.8) is 0 Å². The molecule has 0 fully saturated rings. The second-order valence-electron chi connectivity index (χ2n) is 5.89. The van der Waals surface area contributed by atoms with Crippen LogP contribution in [-0.2, 0) is 13.6 Å². The van der Waals surface area contributed by atoms with E-state index >= 15 is 0 Å². The van der Waals surface area contributed by atoms with E-state index < -0.39 is 0 Å². The Labute approximate surface area is 173 Å². The third kappa shape index (κ3) is 7.59. The van der Waals surface area contributed by atoms with Gasteiger partial charge in [-0.1, -0.05) is 18.2 Å². The minimum absolute atomic E-state index is 0. The van der Waals surface area contributed by atoms with Crippen molar-refractivity contribution in [2.45, 2.75) is 26.3 Å². The Bertz CT molecular complexity index is 642. The zero-order valence-corrected chi connectivity index (χ0v) is 18.2. The van der Waals surface area contributed by atoms with Crippen LogP contribution in [0.5, 0.6) is 0 Å². The van der Waals surface area contributed by atoms with Gasteiger partial charge in [-0.3, -0.25) is 4.68 Å². The number of aliphatic imine (C=N–C) groups is 1. The van der Waals surface area contributed by atoms with E-state index in [4.69, 9.17) is 0 Å². The minimum atomic E-state index is 0. The molecule has 1 aromatic carbocycles. The highest BCUT2D eigenvalue weighted by molar-refractivity contribution is 14.0. The van der Waals surface area contributed by atoms with Gasteiger partial charge in [-0.25, -0.2) is 9.98 Å². The third-order valence-corrected chi connectivity index (χ3v) is 3.94. The first-order chi connectivity index (χ1) is 12.2. The number of benzene rings is 1. The van der Waals surface area contributed by atoms with Crippen molar-refractivity contribution in [1.29, 1.82) is 0 Å². The van der Waals surface area contributed by atoms with E-state index in [1.165, 1.54) is 5.69 Å². The number of unbranched alkanes of at least 4 members (excludes halogenated alkanes) is 1. The zero-order chi connectivity index (χ0) is 17.9. The van der Waals surface area contributed by atoms with Gasteiger partial charge in [0.15, 0.2) is 5.96 Å². The molecule has 0 saturated carbocycles. The molecule has 0 amide bonds. The maximum absolute atomic E-state index is 4.56. The van der Waals surface area contributed by atoms with Crippen molar-refractivity contribution in [2.75, 3.05) is 31.6 Å². The van der Waals surface area contributed by atoms with Gasteiger partial charge in [0.1, 0.15) is 18.7 Å². The van der Waals surface area contributed by atoms with E-state index in [1.54, 1.807) is 11.0 Å². The van der Waals surface area contributed by atoms with Gasteiger partial charge in [-0.15, -0.1) is 24.0 Å². The van der Waals surface area contributed by atoms with Crippen molar-refractivity contribution in [1.82, 2.24) is 25.4 Å². The van der Waals surface area contributed by atoms with Gasteiger partial charge in [0.25, 0.3) is 0 Å². The number of halogens is 1. The number of hydrogen-bond acceptors (Lipinski definition) is 4. The second-order valence-corrected chi connectivity index (χ2v) is 5.89. The average molecular weight is 471 g/mol. The van der Waals surface area contributed by atoms with E-state index in [0.29, 0.717) is 6.54 Å². The Kier molecular flexibility index (Phi) is 10.7. The van der Waals surface area contributed by atoms with Gasteiger partial charge in [-0.05, 0) is 31.9 Å². The topological polar surface area (TPSA) is 70.4 Å². The predicted molar refractivity (Wildman–Crippen MR) is 118 cm³/mol. The van der Waals surface area contributed by atoms with Crippen LogP contribution in [0.1, 0.15) is 25.6 Å². The smallest absolute Gasteiger partial charge is 0.191 e. The fraction of sp³-hybridized carbons (Fsp3) is 0.500. The summed E-state index contributed by atoms with van der Waals surface area (Å²) in [6, 6.07) is 10.5. The van der Waals surface area contributed by atoms with Gasteiger partial charge in [0, 0.05) is 39.4 Å². The first kappa shape index (κ1) is 22.2. The highest BCUT2D eigenvalue weighted by Crippen LogP contribution is 2.11. The van der Waals surface area contributed by atoms with Crippen molar-refractivity contribution < 1.29 is 0 Å². The Morgan fingerprint density at radius 2 is 1.96 bits per heavy atom. The molecule has 2 aromatic rings. The van der Waals surface area contributed by atoms with Crippen LogP contribution >= 0.6 is 24.0 Å². The first-order valence-electron chi connectivity index (χ1n) is 8.82. The molecular formula is C18H30IN7. The summed E-state index contributed by atoms with van der Waals surface area (Å²) in [5, 5.41) is 10.7. The molecule has 0 unspecified atom stereocenters. The third-order valence-electron chi connectivity index (χ3n) is 3.94. The van der Waals surface area contributed by atoms with Gasteiger partial charge in [0.2, 0.25) is 0 Å². The van der Waals surface area contributed by atoms with Crippen molar-refractivity contribution in [3.8, 4) is 0 Å². The van der Waals surface area contributed by atoms with Crippen LogP contribution in [0.15, 0.2) is 41.7 Å². The Hall–Kier alpha value is -1.84. The Morgan fingerprint density at radius 3 is 2.62 bits per heavy atom. The molecule has 0 aliphatic carbocycles. The lowest BCUT2D eigenvalue weighted by Crippen LogP contribution is -2.38. The number of hydrogen-bond donors (Lipinski definition) is 2. The molecule has 1 heterocycles. The maximum atomic E-state index is 4.56. The number of para-hydroxylation sites is 1. The molecular weight excluding hydrogens is 441 g/mol. The molecule has 1 aromatic heterocycles. The normalized spacial score (nSPS) is 11.0. The van der Waals surface area contributed by atoms with Gasteiger partial charge >= 0.3 is 0 Å². The van der Waals surface area contributed by atoms with Gasteiger partial charge < -0.3 is 15.5 Å². The fourth-order valence-corrected chi connectivity index (χ4v) is 2.45. The largest absolute Gasteiger partial charge is 0.375 e. The zero-order valence-electron chi connectivity index (χ0n) is 15.9. The molecule has 26 heavy (non-hydrogen) atoms. The van der Waals surface area contributed by atoms with Crippen molar-refractivity contribution >= 4 is 35.6 Å². The van der Waals surface area contributed by atoms with Crippen LogP contribution in [-0.4, -0.2) is 47.4 Å². The lowest BCUT2D eigenvalue weighted by atomic mass is 10.2. The lowest BCUT2D eigenvalue weighted by Gasteiger charge is -2.19. The number of rotatable bonds is 9. The highest BCUT2D eigenvalue weighted by Gasteiger charge is 2.02. The molecule has 144 valence electrons. The van der Waals surface area contributed by atoms with Gasteiger partial charge in [0.05, 0.1) is 0 Å². The number of guanidine groups is 1. The Morgan fingerprint density at radius 1 is 1.19 bits per heavy atom. The van der Waals surface area contributed by atoms with Crippen LogP contribution in [0, 0.1) is 0 Å². The average Bonchev–Trinajstić information content (AvgIpc) is 3.04. The van der Waals surface area contributed by atoms with E-state index in [2.05, 4.69) is 68.8 Å².